The summed E-state index contributed by atoms with van der Waals surface area (Å²) >= 11 is 2.99. The van der Waals surface area contributed by atoms with E-state index >= 15 is 0 Å². The van der Waals surface area contributed by atoms with E-state index in [1.807, 2.05) is 25.3 Å². The fourth-order valence-corrected chi connectivity index (χ4v) is 4.98. The first kappa shape index (κ1) is 22.4. The Balaban J connectivity index is 1.60. The second-order valence-corrected chi connectivity index (χ2v) is 9.45. The lowest BCUT2D eigenvalue weighted by Crippen LogP contribution is -2.42. The molecule has 1 N–H and O–H groups in total. The largest absolute Gasteiger partial charge is 0.449 e. The molecule has 0 saturated carbocycles. The summed E-state index contributed by atoms with van der Waals surface area (Å²) in [7, 11) is 0. The molecular weight excluding hydrogens is 420 g/mol. The van der Waals surface area contributed by atoms with Crippen LogP contribution in [0.5, 0.6) is 0 Å². The van der Waals surface area contributed by atoms with Crippen molar-refractivity contribution in [3.8, 4) is 0 Å². The maximum atomic E-state index is 12.8. The molecule has 0 bridgehead atoms. The van der Waals surface area contributed by atoms with Gasteiger partial charge in [-0.3, -0.25) is 9.59 Å². The molecule has 0 spiro atoms. The van der Waals surface area contributed by atoms with E-state index in [-0.39, 0.29) is 23.6 Å². The number of esters is 1. The second-order valence-electron chi connectivity index (χ2n) is 7.43. The monoisotopic (exact) mass is 446 g/mol. The zero-order valence-corrected chi connectivity index (χ0v) is 19.0. The summed E-state index contributed by atoms with van der Waals surface area (Å²) in [6.07, 6.45) is -0.0443. The summed E-state index contributed by atoms with van der Waals surface area (Å²) in [5.41, 5.74) is 1.53. The third-order valence-electron chi connectivity index (χ3n) is 4.67. The van der Waals surface area contributed by atoms with Crippen LogP contribution in [0.15, 0.2) is 40.6 Å². The molecule has 8 heteroatoms. The van der Waals surface area contributed by atoms with Crippen molar-refractivity contribution in [3.05, 3.63) is 51.7 Å². The van der Waals surface area contributed by atoms with Crippen LogP contribution in [-0.2, 0) is 27.3 Å². The summed E-state index contributed by atoms with van der Waals surface area (Å²) in [6, 6.07) is 9.08. The van der Waals surface area contributed by atoms with E-state index in [9.17, 15) is 14.4 Å². The standard InChI is InChI=1S/C22H26N2O4S2/c1-14(2)23-20(25)13-30-19-7-5-4-6-17(19)22(27)28-15(3)21(26)24-10-8-18-16(12-24)9-11-29-18/h4-7,9,11,14-15H,8,10,12-13H2,1-3H3,(H,23,25). The summed E-state index contributed by atoms with van der Waals surface area (Å²) < 4.78 is 5.49. The van der Waals surface area contributed by atoms with E-state index in [1.165, 1.54) is 22.2 Å². The highest BCUT2D eigenvalue weighted by atomic mass is 32.2. The third kappa shape index (κ3) is 5.64. The molecule has 1 unspecified atom stereocenters. The summed E-state index contributed by atoms with van der Waals surface area (Å²) in [5.74, 6) is -0.647. The molecule has 1 atom stereocenters. The van der Waals surface area contributed by atoms with Crippen molar-refractivity contribution in [2.45, 2.75) is 50.8 Å². The topological polar surface area (TPSA) is 75.7 Å². The number of hydrogen-bond donors (Lipinski definition) is 1. The number of thiophene rings is 1. The minimum Gasteiger partial charge on any atom is -0.449 e. The lowest BCUT2D eigenvalue weighted by atomic mass is 10.1. The fourth-order valence-electron chi connectivity index (χ4n) is 3.24. The van der Waals surface area contributed by atoms with Crippen LogP contribution in [0, 0.1) is 0 Å². The summed E-state index contributed by atoms with van der Waals surface area (Å²) in [4.78, 5) is 41.2. The van der Waals surface area contributed by atoms with Gasteiger partial charge in [0.15, 0.2) is 6.10 Å². The van der Waals surface area contributed by atoms with E-state index < -0.39 is 12.1 Å². The van der Waals surface area contributed by atoms with E-state index in [4.69, 9.17) is 4.74 Å². The van der Waals surface area contributed by atoms with E-state index in [0.717, 1.165) is 6.42 Å². The molecule has 160 valence electrons. The van der Waals surface area contributed by atoms with Crippen molar-refractivity contribution >= 4 is 40.9 Å². The molecule has 30 heavy (non-hydrogen) atoms. The smallest absolute Gasteiger partial charge is 0.340 e. The number of thioether (sulfide) groups is 1. The molecule has 1 aromatic carbocycles. The number of benzene rings is 1. The van der Waals surface area contributed by atoms with Gasteiger partial charge >= 0.3 is 5.97 Å². The number of nitrogens with one attached hydrogen (secondary N) is 1. The molecule has 0 saturated heterocycles. The van der Waals surface area contributed by atoms with Gasteiger partial charge in [0.25, 0.3) is 5.91 Å². The van der Waals surface area contributed by atoms with Crippen LogP contribution in [-0.4, -0.2) is 47.1 Å². The molecule has 2 amide bonds. The van der Waals surface area contributed by atoms with Crippen LogP contribution in [0.4, 0.5) is 0 Å². The summed E-state index contributed by atoms with van der Waals surface area (Å²) in [6.45, 7) is 6.58. The molecule has 1 aliphatic rings. The van der Waals surface area contributed by atoms with Crippen LogP contribution in [0.2, 0.25) is 0 Å². The van der Waals surface area contributed by atoms with Gasteiger partial charge in [0.1, 0.15) is 0 Å². The lowest BCUT2D eigenvalue weighted by Gasteiger charge is -2.29. The molecule has 1 aliphatic heterocycles. The van der Waals surface area contributed by atoms with Crippen LogP contribution in [0.1, 0.15) is 41.6 Å². The molecule has 0 aliphatic carbocycles. The molecule has 0 radical (unpaired) electrons. The van der Waals surface area contributed by atoms with Gasteiger partial charge in [-0.1, -0.05) is 12.1 Å². The van der Waals surface area contributed by atoms with Gasteiger partial charge in [-0.15, -0.1) is 23.1 Å². The van der Waals surface area contributed by atoms with Crippen molar-refractivity contribution in [2.24, 2.45) is 0 Å². The normalized spacial score (nSPS) is 14.2. The average molecular weight is 447 g/mol. The quantitative estimate of drug-likeness (QED) is 0.520. The van der Waals surface area contributed by atoms with Crippen molar-refractivity contribution in [1.82, 2.24) is 10.2 Å². The highest BCUT2D eigenvalue weighted by Gasteiger charge is 2.28. The Morgan fingerprint density at radius 3 is 2.73 bits per heavy atom. The molecule has 2 heterocycles. The van der Waals surface area contributed by atoms with Crippen LogP contribution >= 0.6 is 23.1 Å². The summed E-state index contributed by atoms with van der Waals surface area (Å²) in [5, 5.41) is 4.86. The van der Waals surface area contributed by atoms with Gasteiger partial charge in [-0.05, 0) is 56.3 Å². The highest BCUT2D eigenvalue weighted by molar-refractivity contribution is 8.00. The second kappa shape index (κ2) is 10.1. The van der Waals surface area contributed by atoms with E-state index in [0.29, 0.717) is 23.5 Å². The number of hydrogen-bond acceptors (Lipinski definition) is 6. The number of amides is 2. The van der Waals surface area contributed by atoms with Crippen molar-refractivity contribution in [1.29, 1.82) is 0 Å². The van der Waals surface area contributed by atoms with Crippen LogP contribution in [0.3, 0.4) is 0 Å². The minimum absolute atomic E-state index is 0.0603. The van der Waals surface area contributed by atoms with Gasteiger partial charge < -0.3 is 15.0 Å². The Bertz CT molecular complexity index is 925. The Labute approximate surface area is 185 Å². The van der Waals surface area contributed by atoms with Gasteiger partial charge in [0.2, 0.25) is 5.91 Å². The van der Waals surface area contributed by atoms with Gasteiger partial charge in [-0.2, -0.15) is 0 Å². The van der Waals surface area contributed by atoms with Crippen molar-refractivity contribution < 1.29 is 19.1 Å². The Morgan fingerprint density at radius 1 is 1.20 bits per heavy atom. The van der Waals surface area contributed by atoms with Gasteiger partial charge in [0.05, 0.1) is 11.3 Å². The number of ether oxygens (including phenoxy) is 1. The van der Waals surface area contributed by atoms with Gasteiger partial charge in [0, 0.05) is 28.9 Å². The average Bonchev–Trinajstić information content (AvgIpc) is 3.19. The molecular formula is C22H26N2O4S2. The number of rotatable bonds is 7. The maximum absolute atomic E-state index is 12.8. The SMILES string of the molecule is CC(C)NC(=O)CSc1ccccc1C(=O)OC(C)C(=O)N1CCc2sccc2C1. The first-order valence-corrected chi connectivity index (χ1v) is 11.8. The maximum Gasteiger partial charge on any atom is 0.340 e. The molecule has 6 nitrogen and oxygen atoms in total. The van der Waals surface area contributed by atoms with Gasteiger partial charge in [-0.25, -0.2) is 4.79 Å². The zero-order chi connectivity index (χ0) is 21.7. The number of carbonyl (C=O) groups is 3. The predicted octanol–water partition coefficient (Wildman–Crippen LogP) is 3.50. The first-order chi connectivity index (χ1) is 14.3. The van der Waals surface area contributed by atoms with Crippen molar-refractivity contribution in [3.63, 3.8) is 0 Å². The Kier molecular flexibility index (Phi) is 7.55. The minimum atomic E-state index is -0.875. The molecule has 2 aromatic rings. The number of fused-ring (bicyclic) bond motifs is 1. The van der Waals surface area contributed by atoms with Crippen LogP contribution in [0.25, 0.3) is 0 Å². The molecule has 0 fully saturated rings. The third-order valence-corrected chi connectivity index (χ3v) is 6.76. The first-order valence-electron chi connectivity index (χ1n) is 9.91. The molecule has 1 aromatic heterocycles. The van der Waals surface area contributed by atoms with E-state index in [2.05, 4.69) is 5.32 Å². The Hall–Kier alpha value is -2.32. The zero-order valence-electron chi connectivity index (χ0n) is 17.3. The lowest BCUT2D eigenvalue weighted by molar-refractivity contribution is -0.140. The predicted molar refractivity (Wildman–Crippen MR) is 119 cm³/mol. The number of nitrogens with zero attached hydrogens (tertiary/aromatic N) is 1. The van der Waals surface area contributed by atoms with Crippen molar-refractivity contribution in [2.75, 3.05) is 12.3 Å². The molecule has 3 rings (SSSR count). The Morgan fingerprint density at radius 2 is 1.97 bits per heavy atom. The van der Waals surface area contributed by atoms with E-state index in [1.54, 1.807) is 47.4 Å². The van der Waals surface area contributed by atoms with Crippen LogP contribution < -0.4 is 5.32 Å². The fraction of sp³-hybridized carbons (Fsp3) is 0.409. The number of carbonyl (C=O) groups excluding carboxylic acids is 3. The highest BCUT2D eigenvalue weighted by Crippen LogP contribution is 2.26.